The minimum absolute atomic E-state index is 0.00311. The van der Waals surface area contributed by atoms with Crippen LogP contribution in [0.5, 0.6) is 11.5 Å². The SMILES string of the molecule is CC(=O)NCCC(=O)N1Cc2cc(F)ccc2Oc2cccc(F)c2C1. The fourth-order valence-corrected chi connectivity index (χ4v) is 2.81. The Kier molecular flexibility index (Phi) is 5.16. The van der Waals surface area contributed by atoms with Crippen LogP contribution in [0.25, 0.3) is 0 Å². The number of nitrogens with one attached hydrogen (secondary N) is 1. The van der Waals surface area contributed by atoms with Gasteiger partial charge >= 0.3 is 0 Å². The van der Waals surface area contributed by atoms with E-state index in [1.807, 2.05) is 0 Å². The van der Waals surface area contributed by atoms with Crippen molar-refractivity contribution < 1.29 is 23.1 Å². The number of rotatable bonds is 3. The van der Waals surface area contributed by atoms with Crippen molar-refractivity contribution in [3.8, 4) is 11.5 Å². The molecule has 0 bridgehead atoms. The van der Waals surface area contributed by atoms with Gasteiger partial charge in [0.2, 0.25) is 11.8 Å². The largest absolute Gasteiger partial charge is 0.457 e. The zero-order chi connectivity index (χ0) is 18.7. The molecule has 136 valence electrons. The fourth-order valence-electron chi connectivity index (χ4n) is 2.81. The standard InChI is InChI=1S/C19H18F2N2O3/c1-12(24)22-8-7-19(25)23-10-13-9-14(20)5-6-17(13)26-18-4-2-3-16(21)15(18)11-23/h2-6,9H,7-8,10-11H2,1H3,(H,22,24). The molecule has 7 heteroatoms. The number of hydrogen-bond donors (Lipinski definition) is 1. The second-order valence-electron chi connectivity index (χ2n) is 6.05. The van der Waals surface area contributed by atoms with Crippen LogP contribution in [0.1, 0.15) is 24.5 Å². The van der Waals surface area contributed by atoms with Crippen LogP contribution in [0.15, 0.2) is 36.4 Å². The number of halogens is 2. The minimum Gasteiger partial charge on any atom is -0.457 e. The number of fused-ring (bicyclic) bond motifs is 2. The maximum Gasteiger partial charge on any atom is 0.224 e. The van der Waals surface area contributed by atoms with E-state index >= 15 is 0 Å². The zero-order valence-electron chi connectivity index (χ0n) is 14.2. The Bertz CT molecular complexity index is 855. The smallest absolute Gasteiger partial charge is 0.224 e. The van der Waals surface area contributed by atoms with E-state index in [4.69, 9.17) is 4.74 Å². The summed E-state index contributed by atoms with van der Waals surface area (Å²) in [5.41, 5.74) is 0.753. The molecule has 0 saturated carbocycles. The van der Waals surface area contributed by atoms with E-state index in [2.05, 4.69) is 5.32 Å². The van der Waals surface area contributed by atoms with Gasteiger partial charge in [-0.3, -0.25) is 9.59 Å². The quantitative estimate of drug-likeness (QED) is 0.915. The monoisotopic (exact) mass is 360 g/mol. The molecule has 5 nitrogen and oxygen atoms in total. The predicted octanol–water partition coefficient (Wildman–Crippen LogP) is 3.13. The Morgan fingerprint density at radius 2 is 1.96 bits per heavy atom. The van der Waals surface area contributed by atoms with Crippen LogP contribution in [0.3, 0.4) is 0 Å². The molecule has 0 aromatic heterocycles. The van der Waals surface area contributed by atoms with E-state index in [-0.39, 0.29) is 49.2 Å². The molecule has 1 heterocycles. The molecule has 1 aliphatic heterocycles. The molecule has 1 N–H and O–H groups in total. The van der Waals surface area contributed by atoms with Crippen molar-refractivity contribution in [3.63, 3.8) is 0 Å². The summed E-state index contributed by atoms with van der Waals surface area (Å²) in [4.78, 5) is 25.0. The number of hydrogen-bond acceptors (Lipinski definition) is 3. The fraction of sp³-hybridized carbons (Fsp3) is 0.263. The topological polar surface area (TPSA) is 58.6 Å². The van der Waals surface area contributed by atoms with Crippen molar-refractivity contribution in [2.75, 3.05) is 6.54 Å². The number of benzene rings is 2. The lowest BCUT2D eigenvalue weighted by molar-refractivity contribution is -0.132. The minimum atomic E-state index is -0.479. The molecular weight excluding hydrogens is 342 g/mol. The van der Waals surface area contributed by atoms with Crippen molar-refractivity contribution >= 4 is 11.8 Å². The van der Waals surface area contributed by atoms with E-state index < -0.39 is 11.6 Å². The Morgan fingerprint density at radius 3 is 2.73 bits per heavy atom. The van der Waals surface area contributed by atoms with E-state index in [1.54, 1.807) is 6.07 Å². The van der Waals surface area contributed by atoms with Gasteiger partial charge in [0, 0.05) is 37.6 Å². The molecule has 0 spiro atoms. The van der Waals surface area contributed by atoms with Gasteiger partial charge in [0.05, 0.1) is 6.54 Å². The van der Waals surface area contributed by atoms with Crippen LogP contribution < -0.4 is 10.1 Å². The van der Waals surface area contributed by atoms with Crippen LogP contribution in [0.4, 0.5) is 8.78 Å². The van der Waals surface area contributed by atoms with Gasteiger partial charge < -0.3 is 15.0 Å². The summed E-state index contributed by atoms with van der Waals surface area (Å²) in [5, 5.41) is 2.56. The first-order valence-corrected chi connectivity index (χ1v) is 8.20. The maximum absolute atomic E-state index is 14.3. The molecule has 0 aliphatic carbocycles. The Labute approximate surface area is 149 Å². The summed E-state index contributed by atoms with van der Waals surface area (Å²) >= 11 is 0. The van der Waals surface area contributed by atoms with Crippen molar-refractivity contribution in [2.24, 2.45) is 0 Å². The summed E-state index contributed by atoms with van der Waals surface area (Å²) in [7, 11) is 0. The first-order valence-electron chi connectivity index (χ1n) is 8.20. The van der Waals surface area contributed by atoms with Crippen molar-refractivity contribution in [3.05, 3.63) is 59.2 Å². The van der Waals surface area contributed by atoms with Crippen LogP contribution in [-0.2, 0) is 22.7 Å². The molecule has 1 aliphatic rings. The van der Waals surface area contributed by atoms with Gasteiger partial charge in [-0.05, 0) is 30.3 Å². The lowest BCUT2D eigenvalue weighted by atomic mass is 10.1. The van der Waals surface area contributed by atoms with Gasteiger partial charge in [0.25, 0.3) is 0 Å². The second-order valence-corrected chi connectivity index (χ2v) is 6.05. The number of ether oxygens (including phenoxy) is 1. The van der Waals surface area contributed by atoms with Crippen LogP contribution in [0, 0.1) is 11.6 Å². The molecule has 26 heavy (non-hydrogen) atoms. The maximum atomic E-state index is 14.3. The summed E-state index contributed by atoms with van der Waals surface area (Å²) in [5.74, 6) is -0.770. The van der Waals surface area contributed by atoms with E-state index in [0.29, 0.717) is 11.3 Å². The molecule has 2 aromatic rings. The van der Waals surface area contributed by atoms with Gasteiger partial charge in [-0.1, -0.05) is 6.07 Å². The third-order valence-electron chi connectivity index (χ3n) is 4.09. The molecule has 0 radical (unpaired) electrons. The average Bonchev–Trinajstić information content (AvgIpc) is 2.56. The molecule has 0 unspecified atom stereocenters. The summed E-state index contributed by atoms with van der Waals surface area (Å²) in [6.07, 6.45) is 0.0644. The molecular formula is C19H18F2N2O3. The van der Waals surface area contributed by atoms with Gasteiger partial charge in [-0.25, -0.2) is 8.78 Å². The zero-order valence-corrected chi connectivity index (χ0v) is 14.2. The van der Waals surface area contributed by atoms with Crippen molar-refractivity contribution in [2.45, 2.75) is 26.4 Å². The Hall–Kier alpha value is -2.96. The molecule has 0 fully saturated rings. The van der Waals surface area contributed by atoms with Crippen molar-refractivity contribution in [1.82, 2.24) is 10.2 Å². The van der Waals surface area contributed by atoms with Crippen LogP contribution >= 0.6 is 0 Å². The summed E-state index contributed by atoms with van der Waals surface area (Å²) in [6, 6.07) is 8.44. The average molecular weight is 360 g/mol. The summed E-state index contributed by atoms with van der Waals surface area (Å²) < 4.78 is 33.7. The number of amides is 2. The van der Waals surface area contributed by atoms with E-state index in [0.717, 1.165) is 0 Å². The van der Waals surface area contributed by atoms with E-state index in [1.165, 1.54) is 42.2 Å². The molecule has 0 atom stereocenters. The number of carbonyl (C=O) groups excluding carboxylic acids is 2. The lowest BCUT2D eigenvalue weighted by Crippen LogP contribution is -2.34. The molecule has 3 rings (SSSR count). The van der Waals surface area contributed by atoms with Gasteiger partial charge in [-0.2, -0.15) is 0 Å². The normalized spacial score (nSPS) is 13.0. The highest BCUT2D eigenvalue weighted by molar-refractivity contribution is 5.78. The van der Waals surface area contributed by atoms with Gasteiger partial charge in [-0.15, -0.1) is 0 Å². The van der Waals surface area contributed by atoms with E-state index in [9.17, 15) is 18.4 Å². The predicted molar refractivity (Wildman–Crippen MR) is 90.4 cm³/mol. The molecule has 2 amide bonds. The van der Waals surface area contributed by atoms with Crippen molar-refractivity contribution in [1.29, 1.82) is 0 Å². The highest BCUT2D eigenvalue weighted by Gasteiger charge is 2.24. The highest BCUT2D eigenvalue weighted by Crippen LogP contribution is 2.34. The lowest BCUT2D eigenvalue weighted by Gasteiger charge is -2.28. The highest BCUT2D eigenvalue weighted by atomic mass is 19.1. The Balaban J connectivity index is 1.93. The van der Waals surface area contributed by atoms with Gasteiger partial charge in [0.1, 0.15) is 23.1 Å². The third kappa shape index (κ3) is 3.99. The van der Waals surface area contributed by atoms with Crippen LogP contribution in [0.2, 0.25) is 0 Å². The Morgan fingerprint density at radius 1 is 1.15 bits per heavy atom. The van der Waals surface area contributed by atoms with Crippen LogP contribution in [-0.4, -0.2) is 23.3 Å². The first kappa shape index (κ1) is 17.8. The summed E-state index contributed by atoms with van der Waals surface area (Å²) in [6.45, 7) is 1.63. The first-order chi connectivity index (χ1) is 12.4. The number of carbonyl (C=O) groups is 2. The second kappa shape index (κ2) is 7.51. The molecule has 0 saturated heterocycles. The number of nitrogens with zero attached hydrogens (tertiary/aromatic N) is 1. The molecule has 2 aromatic carbocycles. The van der Waals surface area contributed by atoms with Gasteiger partial charge in [0.15, 0.2) is 0 Å². The third-order valence-corrected chi connectivity index (χ3v) is 4.09.